The van der Waals surface area contributed by atoms with E-state index in [-0.39, 0.29) is 0 Å². The van der Waals surface area contributed by atoms with Crippen LogP contribution in [0.5, 0.6) is 0 Å². The monoisotopic (exact) mass is 239 g/mol. The molecule has 0 aromatic heterocycles. The molecule has 1 unspecified atom stereocenters. The molecule has 4 heteroatoms. The predicted molar refractivity (Wildman–Crippen MR) is 67.7 cm³/mol. The number of rotatable bonds is 5. The number of carbonyl (C=O) groups is 1. The lowest BCUT2D eigenvalue weighted by Crippen LogP contribution is -2.30. The van der Waals surface area contributed by atoms with Crippen molar-refractivity contribution in [2.24, 2.45) is 0 Å². The topological polar surface area (TPSA) is 63.3 Å². The van der Waals surface area contributed by atoms with Gasteiger partial charge >= 0.3 is 5.97 Å². The third kappa shape index (κ3) is 3.17. The summed E-state index contributed by atoms with van der Waals surface area (Å²) in [5.41, 5.74) is 6.27. The average molecular weight is 239 g/mol. The van der Waals surface area contributed by atoms with E-state index in [1.54, 1.807) is 19.1 Å². The zero-order valence-corrected chi connectivity index (χ0v) is 10.4. The second kappa shape index (κ2) is 5.25. The van der Waals surface area contributed by atoms with Crippen LogP contribution in [-0.2, 0) is 4.79 Å². The quantitative estimate of drug-likeness (QED) is 0.612. The van der Waals surface area contributed by atoms with E-state index in [1.807, 2.05) is 19.1 Å². The summed E-state index contributed by atoms with van der Waals surface area (Å²) in [7, 11) is 0. The third-order valence-corrected chi connectivity index (χ3v) is 3.74. The number of anilines is 1. The van der Waals surface area contributed by atoms with Gasteiger partial charge in [-0.2, -0.15) is 0 Å². The highest BCUT2D eigenvalue weighted by molar-refractivity contribution is 8.01. The highest BCUT2D eigenvalue weighted by atomic mass is 32.2. The van der Waals surface area contributed by atoms with Crippen LogP contribution in [0.1, 0.15) is 26.7 Å². The van der Waals surface area contributed by atoms with Crippen molar-refractivity contribution in [1.29, 1.82) is 0 Å². The second-order valence-corrected chi connectivity index (χ2v) is 5.53. The third-order valence-electron chi connectivity index (χ3n) is 2.40. The van der Waals surface area contributed by atoms with Gasteiger partial charge in [-0.1, -0.05) is 13.3 Å². The first-order chi connectivity index (χ1) is 7.48. The number of benzene rings is 1. The Morgan fingerprint density at radius 1 is 1.44 bits per heavy atom. The van der Waals surface area contributed by atoms with Crippen molar-refractivity contribution in [3.63, 3.8) is 0 Å². The van der Waals surface area contributed by atoms with Gasteiger partial charge in [-0.05, 0) is 37.6 Å². The molecule has 0 aliphatic rings. The molecule has 1 aromatic rings. The Hall–Kier alpha value is -1.16. The lowest BCUT2D eigenvalue weighted by atomic mass is 10.1. The second-order valence-electron chi connectivity index (χ2n) is 3.96. The van der Waals surface area contributed by atoms with E-state index >= 15 is 0 Å². The van der Waals surface area contributed by atoms with Crippen LogP contribution in [-0.4, -0.2) is 15.8 Å². The molecule has 1 rings (SSSR count). The van der Waals surface area contributed by atoms with Gasteiger partial charge in [-0.25, -0.2) is 0 Å². The van der Waals surface area contributed by atoms with Crippen molar-refractivity contribution < 1.29 is 9.90 Å². The van der Waals surface area contributed by atoms with Gasteiger partial charge in [0.05, 0.1) is 0 Å². The van der Waals surface area contributed by atoms with Gasteiger partial charge in [0.15, 0.2) is 0 Å². The van der Waals surface area contributed by atoms with Crippen LogP contribution in [0.15, 0.2) is 29.2 Å². The number of hydrogen-bond acceptors (Lipinski definition) is 3. The molecule has 0 heterocycles. The van der Waals surface area contributed by atoms with E-state index in [0.717, 1.165) is 11.3 Å². The van der Waals surface area contributed by atoms with Crippen LogP contribution in [0, 0.1) is 0 Å². The van der Waals surface area contributed by atoms with E-state index in [1.165, 1.54) is 11.8 Å². The minimum absolute atomic E-state index is 0.650. The Balaban J connectivity index is 2.83. The minimum atomic E-state index is -0.767. The van der Waals surface area contributed by atoms with Crippen molar-refractivity contribution in [3.05, 3.63) is 24.3 Å². The Bertz CT molecular complexity index is 364. The summed E-state index contributed by atoms with van der Waals surface area (Å²) in [6.45, 7) is 3.75. The maximum Gasteiger partial charge on any atom is 0.319 e. The number of carboxylic acid groups (broad SMARTS) is 1. The molecule has 1 aromatic carbocycles. The maximum atomic E-state index is 11.2. The minimum Gasteiger partial charge on any atom is -0.480 e. The lowest BCUT2D eigenvalue weighted by molar-refractivity contribution is -0.139. The Labute approximate surface area is 100 Å². The standard InChI is InChI=1S/C12H17NO2S/c1-3-8-12(2,11(14)15)16-10-6-4-9(13)5-7-10/h4-7H,3,8,13H2,1-2H3,(H,14,15). The smallest absolute Gasteiger partial charge is 0.319 e. The zero-order valence-electron chi connectivity index (χ0n) is 9.56. The molecule has 0 aliphatic heterocycles. The van der Waals surface area contributed by atoms with E-state index in [0.29, 0.717) is 12.1 Å². The molecule has 0 spiro atoms. The van der Waals surface area contributed by atoms with Gasteiger partial charge in [0, 0.05) is 10.6 Å². The number of carboxylic acids is 1. The van der Waals surface area contributed by atoms with Crippen molar-refractivity contribution >= 4 is 23.4 Å². The molecule has 0 aliphatic carbocycles. The van der Waals surface area contributed by atoms with E-state index < -0.39 is 10.7 Å². The molecule has 16 heavy (non-hydrogen) atoms. The molecular formula is C12H17NO2S. The van der Waals surface area contributed by atoms with Crippen molar-refractivity contribution in [2.75, 3.05) is 5.73 Å². The number of hydrogen-bond donors (Lipinski definition) is 2. The Morgan fingerprint density at radius 3 is 2.44 bits per heavy atom. The average Bonchev–Trinajstić information content (AvgIpc) is 2.22. The van der Waals surface area contributed by atoms with E-state index in [4.69, 9.17) is 5.73 Å². The molecule has 0 amide bonds. The summed E-state index contributed by atoms with van der Waals surface area (Å²) in [6, 6.07) is 7.29. The van der Waals surface area contributed by atoms with Crippen LogP contribution < -0.4 is 5.73 Å². The first-order valence-corrected chi connectivity index (χ1v) is 6.07. The van der Waals surface area contributed by atoms with Gasteiger partial charge in [0.1, 0.15) is 4.75 Å². The SMILES string of the molecule is CCCC(C)(Sc1ccc(N)cc1)C(=O)O. The van der Waals surface area contributed by atoms with Crippen molar-refractivity contribution in [3.8, 4) is 0 Å². The summed E-state index contributed by atoms with van der Waals surface area (Å²) >= 11 is 1.38. The number of nitrogen functional groups attached to an aromatic ring is 1. The van der Waals surface area contributed by atoms with Crippen LogP contribution >= 0.6 is 11.8 Å². The molecule has 0 saturated carbocycles. The predicted octanol–water partition coefficient (Wildman–Crippen LogP) is 3.00. The molecule has 3 nitrogen and oxygen atoms in total. The first-order valence-electron chi connectivity index (χ1n) is 5.26. The molecular weight excluding hydrogens is 222 g/mol. The molecule has 0 bridgehead atoms. The summed E-state index contributed by atoms with van der Waals surface area (Å²) in [5, 5.41) is 9.23. The molecule has 0 fully saturated rings. The lowest BCUT2D eigenvalue weighted by Gasteiger charge is -2.23. The summed E-state index contributed by atoms with van der Waals surface area (Å²) in [6.07, 6.45) is 1.50. The number of nitrogens with two attached hydrogens (primary N) is 1. The van der Waals surface area contributed by atoms with Crippen LogP contribution in [0.3, 0.4) is 0 Å². The van der Waals surface area contributed by atoms with Gasteiger partial charge in [-0.15, -0.1) is 11.8 Å². The van der Waals surface area contributed by atoms with Crippen molar-refractivity contribution in [1.82, 2.24) is 0 Å². The highest BCUT2D eigenvalue weighted by Gasteiger charge is 2.33. The first kappa shape index (κ1) is 12.9. The molecule has 88 valence electrons. The Morgan fingerprint density at radius 2 is 2.00 bits per heavy atom. The number of aliphatic carboxylic acids is 1. The van der Waals surface area contributed by atoms with E-state index in [2.05, 4.69) is 0 Å². The van der Waals surface area contributed by atoms with Crippen LogP contribution in [0.25, 0.3) is 0 Å². The van der Waals surface area contributed by atoms with Gasteiger partial charge < -0.3 is 10.8 Å². The fraction of sp³-hybridized carbons (Fsp3) is 0.417. The highest BCUT2D eigenvalue weighted by Crippen LogP contribution is 2.36. The zero-order chi connectivity index (χ0) is 12.2. The fourth-order valence-electron chi connectivity index (χ4n) is 1.47. The maximum absolute atomic E-state index is 11.2. The van der Waals surface area contributed by atoms with Crippen LogP contribution in [0.4, 0.5) is 5.69 Å². The largest absolute Gasteiger partial charge is 0.480 e. The summed E-state index contributed by atoms with van der Waals surface area (Å²) in [4.78, 5) is 12.2. The van der Waals surface area contributed by atoms with Gasteiger partial charge in [0.2, 0.25) is 0 Å². The fourth-order valence-corrected chi connectivity index (χ4v) is 2.66. The molecule has 1 atom stereocenters. The molecule has 0 radical (unpaired) electrons. The summed E-state index contributed by atoms with van der Waals surface area (Å²) < 4.78 is -0.759. The normalized spacial score (nSPS) is 14.4. The number of thioether (sulfide) groups is 1. The molecule has 0 saturated heterocycles. The van der Waals surface area contributed by atoms with Gasteiger partial charge in [-0.3, -0.25) is 4.79 Å². The summed E-state index contributed by atoms with van der Waals surface area (Å²) in [5.74, 6) is -0.767. The van der Waals surface area contributed by atoms with E-state index in [9.17, 15) is 9.90 Å². The molecule has 3 N–H and O–H groups in total. The Kier molecular flexibility index (Phi) is 4.24. The van der Waals surface area contributed by atoms with Crippen molar-refractivity contribution in [2.45, 2.75) is 36.3 Å². The van der Waals surface area contributed by atoms with Gasteiger partial charge in [0.25, 0.3) is 0 Å². The van der Waals surface area contributed by atoms with Crippen LogP contribution in [0.2, 0.25) is 0 Å².